The second kappa shape index (κ2) is 6.72. The molecule has 0 radical (unpaired) electrons. The fraction of sp³-hybridized carbons (Fsp3) is 1.00. The van der Waals surface area contributed by atoms with E-state index < -0.39 is 0 Å². The van der Waals surface area contributed by atoms with E-state index >= 15 is 0 Å². The molecule has 2 aliphatic rings. The molecule has 0 aliphatic carbocycles. The number of rotatable bonds is 4. The van der Waals surface area contributed by atoms with Gasteiger partial charge in [-0.1, -0.05) is 13.8 Å². The van der Waals surface area contributed by atoms with Gasteiger partial charge in [0.25, 0.3) is 0 Å². The minimum Gasteiger partial charge on any atom is -0.315 e. The van der Waals surface area contributed by atoms with Gasteiger partial charge in [-0.15, -0.1) is 0 Å². The van der Waals surface area contributed by atoms with Gasteiger partial charge < -0.3 is 10.2 Å². The van der Waals surface area contributed by atoms with Crippen molar-refractivity contribution in [3.8, 4) is 0 Å². The number of hydrogen-bond donors (Lipinski definition) is 1. The molecule has 1 unspecified atom stereocenters. The lowest BCUT2D eigenvalue weighted by atomic mass is 9.98. The maximum absolute atomic E-state index is 3.56. The first-order valence-electron chi connectivity index (χ1n) is 7.54. The van der Waals surface area contributed by atoms with Gasteiger partial charge in [0.2, 0.25) is 0 Å². The highest BCUT2D eigenvalue weighted by molar-refractivity contribution is 4.86. The van der Waals surface area contributed by atoms with Crippen LogP contribution in [0.15, 0.2) is 0 Å². The Morgan fingerprint density at radius 1 is 1.12 bits per heavy atom. The quantitative estimate of drug-likeness (QED) is 0.803. The van der Waals surface area contributed by atoms with Gasteiger partial charge in [0, 0.05) is 18.6 Å². The molecule has 1 atom stereocenters. The molecule has 2 fully saturated rings. The Balaban J connectivity index is 1.85. The Morgan fingerprint density at radius 3 is 2.41 bits per heavy atom. The topological polar surface area (TPSA) is 18.5 Å². The number of nitrogens with one attached hydrogen (secondary N) is 1. The van der Waals surface area contributed by atoms with E-state index in [9.17, 15) is 0 Å². The van der Waals surface area contributed by atoms with Gasteiger partial charge >= 0.3 is 0 Å². The van der Waals surface area contributed by atoms with Gasteiger partial charge in [-0.3, -0.25) is 4.90 Å². The van der Waals surface area contributed by atoms with E-state index in [1.807, 2.05) is 0 Å². The molecule has 2 heterocycles. The second-order valence-electron chi connectivity index (χ2n) is 5.50. The number of likely N-dealkylation sites (tertiary alicyclic amines) is 1. The van der Waals surface area contributed by atoms with Crippen LogP contribution < -0.4 is 5.32 Å². The van der Waals surface area contributed by atoms with Crippen molar-refractivity contribution in [2.24, 2.45) is 0 Å². The average molecular weight is 239 g/mol. The van der Waals surface area contributed by atoms with Crippen LogP contribution in [0.3, 0.4) is 0 Å². The summed E-state index contributed by atoms with van der Waals surface area (Å²) >= 11 is 0. The maximum atomic E-state index is 3.56. The zero-order chi connectivity index (χ0) is 12.1. The number of nitrogens with zero attached hydrogens (tertiary/aromatic N) is 2. The van der Waals surface area contributed by atoms with E-state index in [1.165, 1.54) is 65.0 Å². The van der Waals surface area contributed by atoms with Crippen LogP contribution >= 0.6 is 0 Å². The van der Waals surface area contributed by atoms with E-state index in [2.05, 4.69) is 29.0 Å². The summed E-state index contributed by atoms with van der Waals surface area (Å²) < 4.78 is 0. The second-order valence-corrected chi connectivity index (χ2v) is 5.50. The molecule has 0 saturated carbocycles. The monoisotopic (exact) mass is 239 g/mol. The van der Waals surface area contributed by atoms with Crippen LogP contribution in [0.4, 0.5) is 0 Å². The van der Waals surface area contributed by atoms with Gasteiger partial charge in [-0.25, -0.2) is 0 Å². The molecular formula is C14H29N3. The Hall–Kier alpha value is -0.120. The van der Waals surface area contributed by atoms with Crippen LogP contribution in [0.5, 0.6) is 0 Å². The van der Waals surface area contributed by atoms with Crippen molar-refractivity contribution < 1.29 is 0 Å². The molecule has 17 heavy (non-hydrogen) atoms. The summed E-state index contributed by atoms with van der Waals surface area (Å²) in [5.74, 6) is 0. The van der Waals surface area contributed by atoms with Crippen molar-refractivity contribution in [1.29, 1.82) is 0 Å². The van der Waals surface area contributed by atoms with E-state index in [4.69, 9.17) is 0 Å². The highest BCUT2D eigenvalue weighted by Gasteiger charge is 2.28. The molecular weight excluding hydrogens is 210 g/mol. The lowest BCUT2D eigenvalue weighted by Crippen LogP contribution is -2.53. The molecule has 0 spiro atoms. The third-order valence-electron chi connectivity index (χ3n) is 4.58. The normalized spacial score (nSPS) is 28.8. The van der Waals surface area contributed by atoms with Crippen LogP contribution in [0.2, 0.25) is 0 Å². The van der Waals surface area contributed by atoms with Crippen LogP contribution in [0.25, 0.3) is 0 Å². The molecule has 2 rings (SSSR count). The summed E-state index contributed by atoms with van der Waals surface area (Å²) in [6, 6.07) is 1.64. The summed E-state index contributed by atoms with van der Waals surface area (Å²) in [4.78, 5) is 5.36. The number of hydrogen-bond acceptors (Lipinski definition) is 3. The predicted molar refractivity (Wildman–Crippen MR) is 73.4 cm³/mol. The maximum Gasteiger partial charge on any atom is 0.0223 e. The van der Waals surface area contributed by atoms with Crippen molar-refractivity contribution in [3.05, 3.63) is 0 Å². The van der Waals surface area contributed by atoms with E-state index in [-0.39, 0.29) is 0 Å². The summed E-state index contributed by atoms with van der Waals surface area (Å²) in [6.45, 7) is 12.1. The van der Waals surface area contributed by atoms with Crippen molar-refractivity contribution in [1.82, 2.24) is 15.1 Å². The highest BCUT2D eigenvalue weighted by Crippen LogP contribution is 2.21. The van der Waals surface area contributed by atoms with Crippen LogP contribution in [-0.2, 0) is 0 Å². The lowest BCUT2D eigenvalue weighted by molar-refractivity contribution is 0.0687. The largest absolute Gasteiger partial charge is 0.315 e. The van der Waals surface area contributed by atoms with Gasteiger partial charge in [0.15, 0.2) is 0 Å². The first-order valence-corrected chi connectivity index (χ1v) is 7.54. The summed E-state index contributed by atoms with van der Waals surface area (Å²) in [5.41, 5.74) is 0. The Kier molecular flexibility index (Phi) is 5.26. The molecule has 2 saturated heterocycles. The van der Waals surface area contributed by atoms with Crippen molar-refractivity contribution in [2.45, 2.75) is 51.6 Å². The molecule has 100 valence electrons. The number of likely N-dealkylation sites (N-methyl/N-ethyl adjacent to an activating group) is 1. The predicted octanol–water partition coefficient (Wildman–Crippen LogP) is 1.54. The minimum absolute atomic E-state index is 0.798. The molecule has 2 aliphatic heterocycles. The van der Waals surface area contributed by atoms with E-state index in [0.29, 0.717) is 0 Å². The summed E-state index contributed by atoms with van der Waals surface area (Å²) in [6.07, 6.45) is 5.50. The Labute approximate surface area is 107 Å². The standard InChI is InChI=1S/C14H29N3/c1-3-16-10-7-13(8-11-16)17(4-2)14-6-5-9-15-12-14/h13-15H,3-12H2,1-2H3. The van der Waals surface area contributed by atoms with Crippen LogP contribution in [0.1, 0.15) is 39.5 Å². The van der Waals surface area contributed by atoms with Crippen LogP contribution in [0, 0.1) is 0 Å². The third kappa shape index (κ3) is 3.43. The molecule has 1 N–H and O–H groups in total. The zero-order valence-corrected chi connectivity index (χ0v) is 11.6. The van der Waals surface area contributed by atoms with Crippen molar-refractivity contribution in [3.63, 3.8) is 0 Å². The number of piperidine rings is 2. The smallest absolute Gasteiger partial charge is 0.0223 e. The highest BCUT2D eigenvalue weighted by atomic mass is 15.2. The summed E-state index contributed by atoms with van der Waals surface area (Å²) in [7, 11) is 0. The molecule has 0 aromatic heterocycles. The Bertz CT molecular complexity index is 206. The fourth-order valence-corrected chi connectivity index (χ4v) is 3.50. The van der Waals surface area contributed by atoms with Gasteiger partial charge in [0.1, 0.15) is 0 Å². The molecule has 0 aromatic carbocycles. The third-order valence-corrected chi connectivity index (χ3v) is 4.58. The Morgan fingerprint density at radius 2 is 1.88 bits per heavy atom. The van der Waals surface area contributed by atoms with Gasteiger partial charge in [-0.2, -0.15) is 0 Å². The SMILES string of the molecule is CCN1CCC(N(CC)C2CCCNC2)CC1. The zero-order valence-electron chi connectivity index (χ0n) is 11.6. The van der Waals surface area contributed by atoms with Crippen molar-refractivity contribution >= 4 is 0 Å². The van der Waals surface area contributed by atoms with E-state index in [1.54, 1.807) is 0 Å². The molecule has 3 heteroatoms. The lowest BCUT2D eigenvalue weighted by Gasteiger charge is -2.43. The molecule has 0 amide bonds. The average Bonchev–Trinajstić information content (AvgIpc) is 2.42. The molecule has 0 bridgehead atoms. The summed E-state index contributed by atoms with van der Waals surface area (Å²) in [5, 5.41) is 3.56. The molecule has 3 nitrogen and oxygen atoms in total. The van der Waals surface area contributed by atoms with E-state index in [0.717, 1.165) is 12.1 Å². The first kappa shape index (κ1) is 13.3. The fourth-order valence-electron chi connectivity index (χ4n) is 3.50. The van der Waals surface area contributed by atoms with Gasteiger partial charge in [-0.05, 0) is 58.4 Å². The van der Waals surface area contributed by atoms with Crippen molar-refractivity contribution in [2.75, 3.05) is 39.3 Å². The first-order chi connectivity index (χ1) is 8.35. The van der Waals surface area contributed by atoms with Crippen LogP contribution in [-0.4, -0.2) is 61.2 Å². The van der Waals surface area contributed by atoms with Gasteiger partial charge in [0.05, 0.1) is 0 Å². The molecule has 0 aromatic rings. The minimum atomic E-state index is 0.798.